The van der Waals surface area contributed by atoms with Gasteiger partial charge in [0.05, 0.1) is 13.3 Å². The van der Waals surface area contributed by atoms with E-state index in [4.69, 9.17) is 4.74 Å². The average Bonchev–Trinajstić information content (AvgIpc) is 2.80. The van der Waals surface area contributed by atoms with Gasteiger partial charge in [0.2, 0.25) is 0 Å². The number of carbonyl (C=O) groups is 2. The summed E-state index contributed by atoms with van der Waals surface area (Å²) in [5.74, 6) is -0.0888. The summed E-state index contributed by atoms with van der Waals surface area (Å²) < 4.78 is 5.12. The molecule has 30 heavy (non-hydrogen) atoms. The van der Waals surface area contributed by atoms with Crippen molar-refractivity contribution in [3.8, 4) is 5.75 Å². The molecule has 1 atom stereocenters. The van der Waals surface area contributed by atoms with Crippen LogP contribution in [0, 0.1) is 0 Å². The SMILES string of the molecule is COc1ccc(C(=O)N[C@@H](Cc2ccccc2)C(=O)N/N=C/c2ccccc2)cc1. The maximum absolute atomic E-state index is 12.7. The van der Waals surface area contributed by atoms with E-state index in [1.54, 1.807) is 37.6 Å². The van der Waals surface area contributed by atoms with Crippen LogP contribution in [-0.2, 0) is 11.2 Å². The number of methoxy groups -OCH3 is 1. The van der Waals surface area contributed by atoms with Crippen molar-refractivity contribution in [2.45, 2.75) is 12.5 Å². The second-order valence-electron chi connectivity index (χ2n) is 6.59. The molecule has 3 aromatic rings. The van der Waals surface area contributed by atoms with E-state index < -0.39 is 11.9 Å². The zero-order valence-electron chi connectivity index (χ0n) is 16.6. The molecule has 0 aliphatic heterocycles. The monoisotopic (exact) mass is 401 g/mol. The highest BCUT2D eigenvalue weighted by Gasteiger charge is 2.21. The molecule has 6 nitrogen and oxygen atoms in total. The Bertz CT molecular complexity index is 987. The molecule has 0 heterocycles. The molecule has 0 radical (unpaired) electrons. The lowest BCUT2D eigenvalue weighted by Gasteiger charge is -2.17. The fraction of sp³-hybridized carbons (Fsp3) is 0.125. The van der Waals surface area contributed by atoms with Crippen molar-refractivity contribution in [1.82, 2.24) is 10.7 Å². The minimum atomic E-state index is -0.782. The number of hydrazone groups is 1. The van der Waals surface area contributed by atoms with E-state index in [-0.39, 0.29) is 5.91 Å². The van der Waals surface area contributed by atoms with Gasteiger partial charge in [0.15, 0.2) is 0 Å². The number of hydrogen-bond donors (Lipinski definition) is 2. The lowest BCUT2D eigenvalue weighted by Crippen LogP contribution is -2.46. The van der Waals surface area contributed by atoms with E-state index in [0.29, 0.717) is 17.7 Å². The van der Waals surface area contributed by atoms with Crippen LogP contribution in [0.15, 0.2) is 90.0 Å². The molecular weight excluding hydrogens is 378 g/mol. The summed E-state index contributed by atoms with van der Waals surface area (Å²) in [5, 5.41) is 6.82. The molecule has 0 unspecified atom stereocenters. The van der Waals surface area contributed by atoms with Crippen molar-refractivity contribution < 1.29 is 14.3 Å². The normalized spacial score (nSPS) is 11.6. The Hall–Kier alpha value is -3.93. The van der Waals surface area contributed by atoms with Crippen molar-refractivity contribution in [3.63, 3.8) is 0 Å². The highest BCUT2D eigenvalue weighted by atomic mass is 16.5. The summed E-state index contributed by atoms with van der Waals surface area (Å²) in [5.41, 5.74) is 4.75. The third-order valence-electron chi connectivity index (χ3n) is 4.44. The molecule has 3 rings (SSSR count). The first-order valence-electron chi connectivity index (χ1n) is 9.52. The molecule has 0 aliphatic carbocycles. The molecule has 0 aromatic heterocycles. The third-order valence-corrected chi connectivity index (χ3v) is 4.44. The first-order valence-corrected chi connectivity index (χ1v) is 9.52. The van der Waals surface area contributed by atoms with Crippen LogP contribution in [0.2, 0.25) is 0 Å². The van der Waals surface area contributed by atoms with Crippen LogP contribution in [-0.4, -0.2) is 31.2 Å². The van der Waals surface area contributed by atoms with Crippen molar-refractivity contribution in [2.75, 3.05) is 7.11 Å². The number of rotatable bonds is 8. The highest BCUT2D eigenvalue weighted by Crippen LogP contribution is 2.12. The molecule has 0 bridgehead atoms. The van der Waals surface area contributed by atoms with Crippen molar-refractivity contribution in [2.24, 2.45) is 5.10 Å². The number of ether oxygens (including phenoxy) is 1. The Morgan fingerprint density at radius 1 is 0.933 bits per heavy atom. The van der Waals surface area contributed by atoms with Crippen LogP contribution in [0.5, 0.6) is 5.75 Å². The minimum Gasteiger partial charge on any atom is -0.497 e. The van der Waals surface area contributed by atoms with Crippen LogP contribution >= 0.6 is 0 Å². The van der Waals surface area contributed by atoms with E-state index in [9.17, 15) is 9.59 Å². The lowest BCUT2D eigenvalue weighted by atomic mass is 10.0. The van der Waals surface area contributed by atoms with Gasteiger partial charge in [-0.3, -0.25) is 9.59 Å². The molecule has 0 fully saturated rings. The minimum absolute atomic E-state index is 0.343. The first kappa shape index (κ1) is 20.8. The second kappa shape index (κ2) is 10.6. The van der Waals surface area contributed by atoms with Crippen LogP contribution < -0.4 is 15.5 Å². The summed E-state index contributed by atoms with van der Waals surface area (Å²) >= 11 is 0. The Kier molecular flexibility index (Phi) is 7.33. The number of nitrogens with zero attached hydrogens (tertiary/aromatic N) is 1. The Morgan fingerprint density at radius 2 is 1.57 bits per heavy atom. The predicted molar refractivity (Wildman–Crippen MR) is 117 cm³/mol. The Balaban J connectivity index is 1.71. The topological polar surface area (TPSA) is 79.8 Å². The van der Waals surface area contributed by atoms with Crippen molar-refractivity contribution in [3.05, 3.63) is 102 Å². The second-order valence-corrected chi connectivity index (χ2v) is 6.59. The van der Waals surface area contributed by atoms with Crippen LogP contribution in [0.1, 0.15) is 21.5 Å². The molecule has 3 aromatic carbocycles. The van der Waals surface area contributed by atoms with Crippen molar-refractivity contribution in [1.29, 1.82) is 0 Å². The Morgan fingerprint density at radius 3 is 2.20 bits per heavy atom. The summed E-state index contributed by atoms with van der Waals surface area (Å²) in [6.07, 6.45) is 1.90. The zero-order chi connectivity index (χ0) is 21.2. The molecule has 0 spiro atoms. The van der Waals surface area contributed by atoms with Gasteiger partial charge in [-0.15, -0.1) is 0 Å². The number of benzene rings is 3. The van der Waals surface area contributed by atoms with Gasteiger partial charge in [-0.1, -0.05) is 60.7 Å². The predicted octanol–water partition coefficient (Wildman–Crippen LogP) is 3.19. The number of hydrogen-bond acceptors (Lipinski definition) is 4. The van der Waals surface area contributed by atoms with Gasteiger partial charge in [0.1, 0.15) is 11.8 Å². The van der Waals surface area contributed by atoms with Crippen LogP contribution in [0.25, 0.3) is 0 Å². The summed E-state index contributed by atoms with van der Waals surface area (Å²) in [7, 11) is 1.56. The molecule has 0 saturated carbocycles. The van der Waals surface area contributed by atoms with Gasteiger partial charge >= 0.3 is 0 Å². The smallest absolute Gasteiger partial charge is 0.262 e. The molecule has 0 saturated heterocycles. The van der Waals surface area contributed by atoms with Gasteiger partial charge in [-0.05, 0) is 35.4 Å². The molecule has 2 N–H and O–H groups in total. The molecule has 0 aliphatic rings. The average molecular weight is 401 g/mol. The highest BCUT2D eigenvalue weighted by molar-refractivity contribution is 5.97. The van der Waals surface area contributed by atoms with E-state index in [2.05, 4.69) is 15.8 Å². The van der Waals surface area contributed by atoms with E-state index in [1.165, 1.54) is 0 Å². The van der Waals surface area contributed by atoms with Crippen molar-refractivity contribution >= 4 is 18.0 Å². The fourth-order valence-electron chi connectivity index (χ4n) is 2.83. The maximum Gasteiger partial charge on any atom is 0.262 e. The van der Waals surface area contributed by atoms with E-state index in [0.717, 1.165) is 11.1 Å². The lowest BCUT2D eigenvalue weighted by molar-refractivity contribution is -0.122. The first-order chi connectivity index (χ1) is 14.7. The molecule has 152 valence electrons. The molecular formula is C24H23N3O3. The van der Waals surface area contributed by atoms with Gasteiger partial charge in [-0.2, -0.15) is 5.10 Å². The van der Waals surface area contributed by atoms with E-state index in [1.807, 2.05) is 60.7 Å². The summed E-state index contributed by atoms with van der Waals surface area (Å²) in [6, 6.07) is 24.9. The van der Waals surface area contributed by atoms with Crippen LogP contribution in [0.3, 0.4) is 0 Å². The van der Waals surface area contributed by atoms with Gasteiger partial charge in [0, 0.05) is 12.0 Å². The summed E-state index contributed by atoms with van der Waals surface area (Å²) in [4.78, 5) is 25.4. The fourth-order valence-corrected chi connectivity index (χ4v) is 2.83. The number of amides is 2. The standard InChI is InChI=1S/C24H23N3O3/c1-30-21-14-12-20(13-15-21)23(28)26-22(16-18-8-4-2-5-9-18)24(29)27-25-17-19-10-6-3-7-11-19/h2-15,17,22H,16H2,1H3,(H,26,28)(H,27,29)/b25-17+/t22-/m0/s1. The summed E-state index contributed by atoms with van der Waals surface area (Å²) in [6.45, 7) is 0. The van der Waals surface area contributed by atoms with Gasteiger partial charge in [-0.25, -0.2) is 5.43 Å². The van der Waals surface area contributed by atoms with Gasteiger partial charge < -0.3 is 10.1 Å². The molecule has 6 heteroatoms. The molecule has 2 amide bonds. The van der Waals surface area contributed by atoms with E-state index >= 15 is 0 Å². The zero-order valence-corrected chi connectivity index (χ0v) is 16.6. The maximum atomic E-state index is 12.7. The largest absolute Gasteiger partial charge is 0.497 e. The number of nitrogens with one attached hydrogen (secondary N) is 2. The van der Waals surface area contributed by atoms with Crippen LogP contribution in [0.4, 0.5) is 0 Å². The third kappa shape index (κ3) is 6.04. The van der Waals surface area contributed by atoms with Gasteiger partial charge in [0.25, 0.3) is 11.8 Å². The quantitative estimate of drug-likeness (QED) is 0.449. The Labute approximate surface area is 175 Å². The number of carbonyl (C=O) groups excluding carboxylic acids is 2.